The molecule has 4 rings (SSSR count). The molecule has 1 atom stereocenters. The van der Waals surface area contributed by atoms with Crippen molar-refractivity contribution in [1.82, 2.24) is 4.98 Å². The van der Waals surface area contributed by atoms with Gasteiger partial charge in [0.05, 0.1) is 5.69 Å². The number of rotatable bonds is 7. The van der Waals surface area contributed by atoms with Crippen molar-refractivity contribution in [2.24, 2.45) is 5.92 Å². The molecule has 2 heterocycles. The molecule has 0 fully saturated rings. The second-order valence-electron chi connectivity index (χ2n) is 7.26. The third kappa shape index (κ3) is 4.33. The van der Waals surface area contributed by atoms with E-state index in [9.17, 15) is 9.59 Å². The number of aromatic nitrogens is 1. The highest BCUT2D eigenvalue weighted by Crippen LogP contribution is 2.30. The molecule has 152 valence electrons. The van der Waals surface area contributed by atoms with Gasteiger partial charge in [-0.2, -0.15) is 0 Å². The van der Waals surface area contributed by atoms with E-state index in [-0.39, 0.29) is 24.2 Å². The van der Waals surface area contributed by atoms with Gasteiger partial charge in [0.25, 0.3) is 0 Å². The quantitative estimate of drug-likeness (QED) is 0.555. The van der Waals surface area contributed by atoms with Crippen LogP contribution in [0.1, 0.15) is 18.4 Å². The molecular formula is C24H23N3O2S. The molecule has 3 aromatic rings. The molecule has 0 saturated heterocycles. The summed E-state index contributed by atoms with van der Waals surface area (Å²) in [7, 11) is 0. The number of para-hydroxylation sites is 1. The molecule has 1 N–H and O–H groups in total. The van der Waals surface area contributed by atoms with Crippen molar-refractivity contribution in [3.63, 3.8) is 0 Å². The van der Waals surface area contributed by atoms with Crippen LogP contribution in [0.4, 0.5) is 10.8 Å². The number of thiazole rings is 1. The Balaban J connectivity index is 1.44. The fourth-order valence-electron chi connectivity index (χ4n) is 3.62. The van der Waals surface area contributed by atoms with Gasteiger partial charge >= 0.3 is 0 Å². The standard InChI is InChI=1S/C24H23N3O2S/c1-2-14-27(24-26-21(16-30-24)17-8-4-3-5-9-17)22(28)13-12-19-15-18-10-6-7-11-20(18)25-23(19)29/h2-11,16,19H,1,12-15H2,(H,25,29). The Morgan fingerprint density at radius 3 is 2.77 bits per heavy atom. The topological polar surface area (TPSA) is 62.3 Å². The number of fused-ring (bicyclic) bond motifs is 1. The van der Waals surface area contributed by atoms with E-state index in [0.717, 1.165) is 22.5 Å². The van der Waals surface area contributed by atoms with Gasteiger partial charge in [-0.25, -0.2) is 4.98 Å². The van der Waals surface area contributed by atoms with Crippen molar-refractivity contribution < 1.29 is 9.59 Å². The molecule has 2 amide bonds. The minimum Gasteiger partial charge on any atom is -0.326 e. The third-order valence-electron chi connectivity index (χ3n) is 5.22. The van der Waals surface area contributed by atoms with E-state index in [2.05, 4.69) is 16.9 Å². The van der Waals surface area contributed by atoms with Crippen molar-refractivity contribution in [3.05, 3.63) is 78.2 Å². The summed E-state index contributed by atoms with van der Waals surface area (Å²) >= 11 is 1.44. The van der Waals surface area contributed by atoms with Crippen molar-refractivity contribution in [2.75, 3.05) is 16.8 Å². The number of nitrogens with zero attached hydrogens (tertiary/aromatic N) is 2. The summed E-state index contributed by atoms with van der Waals surface area (Å²) in [6, 6.07) is 17.7. The maximum absolute atomic E-state index is 13.0. The molecule has 30 heavy (non-hydrogen) atoms. The molecule has 6 heteroatoms. The Morgan fingerprint density at radius 1 is 1.20 bits per heavy atom. The molecule has 0 saturated carbocycles. The largest absolute Gasteiger partial charge is 0.326 e. The first-order valence-corrected chi connectivity index (χ1v) is 10.8. The number of benzene rings is 2. The summed E-state index contributed by atoms with van der Waals surface area (Å²) in [5.74, 6) is -0.265. The molecular weight excluding hydrogens is 394 g/mol. The Bertz CT molecular complexity index is 1060. The van der Waals surface area contributed by atoms with Gasteiger partial charge in [0.1, 0.15) is 0 Å². The monoisotopic (exact) mass is 417 g/mol. The normalized spacial score (nSPS) is 15.2. The third-order valence-corrected chi connectivity index (χ3v) is 6.09. The average molecular weight is 418 g/mol. The van der Waals surface area contributed by atoms with Crippen molar-refractivity contribution in [3.8, 4) is 11.3 Å². The van der Waals surface area contributed by atoms with Crippen LogP contribution in [-0.4, -0.2) is 23.3 Å². The molecule has 0 aliphatic carbocycles. The first-order valence-electron chi connectivity index (χ1n) is 9.96. The number of hydrogen-bond donors (Lipinski definition) is 1. The summed E-state index contributed by atoms with van der Waals surface area (Å²) in [4.78, 5) is 31.7. The minimum atomic E-state index is -0.203. The van der Waals surface area contributed by atoms with Crippen molar-refractivity contribution in [2.45, 2.75) is 19.3 Å². The van der Waals surface area contributed by atoms with Gasteiger partial charge < -0.3 is 5.32 Å². The summed E-state index contributed by atoms with van der Waals surface area (Å²) in [5, 5.41) is 5.56. The second kappa shape index (κ2) is 9.05. The van der Waals surface area contributed by atoms with Gasteiger partial charge in [-0.3, -0.25) is 14.5 Å². The highest BCUT2D eigenvalue weighted by Gasteiger charge is 2.27. The predicted octanol–water partition coefficient (Wildman–Crippen LogP) is 4.92. The second-order valence-corrected chi connectivity index (χ2v) is 8.10. The van der Waals surface area contributed by atoms with Gasteiger partial charge in [0, 0.05) is 35.5 Å². The van der Waals surface area contributed by atoms with Gasteiger partial charge in [-0.15, -0.1) is 17.9 Å². The van der Waals surface area contributed by atoms with Gasteiger partial charge in [0.2, 0.25) is 11.8 Å². The lowest BCUT2D eigenvalue weighted by atomic mass is 9.89. The molecule has 2 aromatic carbocycles. The molecule has 5 nitrogen and oxygen atoms in total. The van der Waals surface area contributed by atoms with Crippen LogP contribution in [0.15, 0.2) is 72.6 Å². The number of anilines is 2. The Morgan fingerprint density at radius 2 is 1.97 bits per heavy atom. The SMILES string of the molecule is C=CCN(C(=O)CCC1Cc2ccccc2NC1=O)c1nc(-c2ccccc2)cs1. The highest BCUT2D eigenvalue weighted by atomic mass is 32.1. The van der Waals surface area contributed by atoms with E-state index >= 15 is 0 Å². The Labute approximate surface area is 180 Å². The number of amides is 2. The maximum atomic E-state index is 13.0. The molecule has 1 aliphatic heterocycles. The zero-order valence-corrected chi connectivity index (χ0v) is 17.4. The molecule has 0 bridgehead atoms. The van der Waals surface area contributed by atoms with Crippen LogP contribution in [0.25, 0.3) is 11.3 Å². The molecule has 0 spiro atoms. The number of carbonyl (C=O) groups is 2. The number of nitrogens with one attached hydrogen (secondary N) is 1. The van der Waals surface area contributed by atoms with E-state index in [4.69, 9.17) is 0 Å². The van der Waals surface area contributed by atoms with Crippen LogP contribution in [0.3, 0.4) is 0 Å². The molecule has 1 aromatic heterocycles. The Kier molecular flexibility index (Phi) is 6.05. The fraction of sp³-hybridized carbons (Fsp3) is 0.208. The van der Waals surface area contributed by atoms with Crippen LogP contribution < -0.4 is 10.2 Å². The van der Waals surface area contributed by atoms with Gasteiger partial charge in [-0.05, 0) is 24.5 Å². The number of carbonyl (C=O) groups excluding carboxylic acids is 2. The molecule has 0 radical (unpaired) electrons. The van der Waals surface area contributed by atoms with E-state index in [1.165, 1.54) is 11.3 Å². The Hall–Kier alpha value is -3.25. The zero-order chi connectivity index (χ0) is 20.9. The van der Waals surface area contributed by atoms with Crippen LogP contribution >= 0.6 is 11.3 Å². The lowest BCUT2D eigenvalue weighted by Crippen LogP contribution is -2.34. The summed E-state index contributed by atoms with van der Waals surface area (Å²) < 4.78 is 0. The van der Waals surface area contributed by atoms with Crippen LogP contribution in [-0.2, 0) is 16.0 Å². The number of hydrogen-bond acceptors (Lipinski definition) is 4. The van der Waals surface area contributed by atoms with Crippen LogP contribution in [0, 0.1) is 5.92 Å². The van der Waals surface area contributed by atoms with Gasteiger partial charge in [-0.1, -0.05) is 54.6 Å². The van der Waals surface area contributed by atoms with E-state index in [1.54, 1.807) is 11.0 Å². The van der Waals surface area contributed by atoms with Crippen LogP contribution in [0.5, 0.6) is 0 Å². The smallest absolute Gasteiger partial charge is 0.229 e. The van der Waals surface area contributed by atoms with E-state index in [1.807, 2.05) is 60.0 Å². The van der Waals surface area contributed by atoms with E-state index in [0.29, 0.717) is 24.5 Å². The first-order chi connectivity index (χ1) is 14.7. The summed E-state index contributed by atoms with van der Waals surface area (Å²) in [6.45, 7) is 4.17. The summed E-state index contributed by atoms with van der Waals surface area (Å²) in [6.07, 6.45) is 3.15. The maximum Gasteiger partial charge on any atom is 0.229 e. The highest BCUT2D eigenvalue weighted by molar-refractivity contribution is 7.14. The van der Waals surface area contributed by atoms with E-state index < -0.39 is 0 Å². The van der Waals surface area contributed by atoms with Gasteiger partial charge in [0.15, 0.2) is 5.13 Å². The van der Waals surface area contributed by atoms with Crippen LogP contribution in [0.2, 0.25) is 0 Å². The summed E-state index contributed by atoms with van der Waals surface area (Å²) in [5.41, 5.74) is 3.85. The minimum absolute atomic E-state index is 0.0163. The van der Waals surface area contributed by atoms with Crippen molar-refractivity contribution in [1.29, 1.82) is 0 Å². The molecule has 1 aliphatic rings. The lowest BCUT2D eigenvalue weighted by Gasteiger charge is -2.25. The molecule has 1 unspecified atom stereocenters. The van der Waals surface area contributed by atoms with Crippen molar-refractivity contribution >= 4 is 34.0 Å². The lowest BCUT2D eigenvalue weighted by molar-refractivity contribution is -0.121. The zero-order valence-electron chi connectivity index (χ0n) is 16.6. The average Bonchev–Trinajstić information content (AvgIpc) is 3.26. The first kappa shape index (κ1) is 20.0. The predicted molar refractivity (Wildman–Crippen MR) is 122 cm³/mol. The fourth-order valence-corrected chi connectivity index (χ4v) is 4.48.